The Labute approximate surface area is 100 Å². The summed E-state index contributed by atoms with van der Waals surface area (Å²) in [5, 5.41) is 9.56. The van der Waals surface area contributed by atoms with E-state index >= 15 is 0 Å². The molecule has 0 amide bonds. The smallest absolute Gasteiger partial charge is 0.0599 e. The van der Waals surface area contributed by atoms with Crippen LogP contribution in [0.25, 0.3) is 0 Å². The molecule has 0 aromatic carbocycles. The number of hydrogen-bond donors (Lipinski definition) is 1. The van der Waals surface area contributed by atoms with Crippen molar-refractivity contribution in [2.24, 2.45) is 5.92 Å². The highest BCUT2D eigenvalue weighted by molar-refractivity contribution is 4.72. The summed E-state index contributed by atoms with van der Waals surface area (Å²) in [6.07, 6.45) is 9.38. The molecular weight excluding hydrogens is 200 g/mol. The molecule has 3 atom stereocenters. The summed E-state index contributed by atoms with van der Waals surface area (Å²) in [4.78, 5) is 0. The highest BCUT2D eigenvalue weighted by Gasteiger charge is 2.21. The molecule has 16 heavy (non-hydrogen) atoms. The number of hydrogen-bond acceptors (Lipinski definition) is 2. The third-order valence-corrected chi connectivity index (χ3v) is 3.71. The van der Waals surface area contributed by atoms with Crippen LogP contribution in [-0.2, 0) is 4.74 Å². The fraction of sp³-hybridized carbons (Fsp3) is 1.00. The van der Waals surface area contributed by atoms with Crippen LogP contribution < -0.4 is 0 Å². The minimum Gasteiger partial charge on any atom is -0.393 e. The average molecular weight is 228 g/mol. The van der Waals surface area contributed by atoms with E-state index in [2.05, 4.69) is 13.8 Å². The van der Waals surface area contributed by atoms with Gasteiger partial charge >= 0.3 is 0 Å². The average Bonchev–Trinajstić information content (AvgIpc) is 2.29. The lowest BCUT2D eigenvalue weighted by Gasteiger charge is -2.27. The van der Waals surface area contributed by atoms with Crippen LogP contribution in [0.15, 0.2) is 0 Å². The molecule has 0 aromatic rings. The highest BCUT2D eigenvalue weighted by Crippen LogP contribution is 2.22. The van der Waals surface area contributed by atoms with E-state index in [1.807, 2.05) is 0 Å². The first-order chi connectivity index (χ1) is 7.76. The van der Waals surface area contributed by atoms with E-state index in [4.69, 9.17) is 4.74 Å². The van der Waals surface area contributed by atoms with Gasteiger partial charge in [0, 0.05) is 6.61 Å². The molecule has 0 spiro atoms. The van der Waals surface area contributed by atoms with E-state index in [-0.39, 0.29) is 6.10 Å². The molecule has 0 radical (unpaired) electrons. The van der Waals surface area contributed by atoms with Crippen LogP contribution in [0.2, 0.25) is 0 Å². The molecule has 0 heterocycles. The number of ether oxygens (including phenoxy) is 1. The fourth-order valence-electron chi connectivity index (χ4n) is 2.44. The number of aliphatic hydroxyl groups excluding tert-OH is 1. The zero-order chi connectivity index (χ0) is 11.8. The predicted molar refractivity (Wildman–Crippen MR) is 67.5 cm³/mol. The Kier molecular flexibility index (Phi) is 7.06. The second kappa shape index (κ2) is 8.08. The quantitative estimate of drug-likeness (QED) is 0.722. The Morgan fingerprint density at radius 2 is 2.12 bits per heavy atom. The summed E-state index contributed by atoms with van der Waals surface area (Å²) in [5.41, 5.74) is 0. The Morgan fingerprint density at radius 3 is 2.75 bits per heavy atom. The number of aliphatic hydroxyl groups is 1. The molecule has 1 N–H and O–H groups in total. The van der Waals surface area contributed by atoms with E-state index in [0.29, 0.717) is 6.10 Å². The molecule has 1 fully saturated rings. The molecule has 1 rings (SSSR count). The Morgan fingerprint density at radius 1 is 1.31 bits per heavy atom. The van der Waals surface area contributed by atoms with Gasteiger partial charge in [0.25, 0.3) is 0 Å². The first-order valence-electron chi connectivity index (χ1n) is 7.05. The number of unbranched alkanes of at least 4 members (excludes halogenated alkanes) is 1. The van der Waals surface area contributed by atoms with Crippen molar-refractivity contribution < 1.29 is 9.84 Å². The first kappa shape index (κ1) is 14.0. The second-order valence-corrected chi connectivity index (χ2v) is 5.19. The maximum atomic E-state index is 9.56. The SMILES string of the molecule is CCCCC(CC)COC1CCCC(O)C1. The summed E-state index contributed by atoms with van der Waals surface area (Å²) >= 11 is 0. The monoisotopic (exact) mass is 228 g/mol. The molecule has 0 aromatic heterocycles. The van der Waals surface area contributed by atoms with Gasteiger partial charge in [-0.25, -0.2) is 0 Å². The van der Waals surface area contributed by atoms with E-state index in [1.165, 1.54) is 25.7 Å². The van der Waals surface area contributed by atoms with Crippen LogP contribution in [0.4, 0.5) is 0 Å². The summed E-state index contributed by atoms with van der Waals surface area (Å²) in [6, 6.07) is 0. The van der Waals surface area contributed by atoms with Crippen molar-refractivity contribution in [3.63, 3.8) is 0 Å². The van der Waals surface area contributed by atoms with Gasteiger partial charge in [-0.3, -0.25) is 0 Å². The van der Waals surface area contributed by atoms with Crippen molar-refractivity contribution >= 4 is 0 Å². The standard InChI is InChI=1S/C14H28O2/c1-3-5-7-12(4-2)11-16-14-9-6-8-13(15)10-14/h12-15H,3-11H2,1-2H3. The minimum atomic E-state index is -0.116. The fourth-order valence-corrected chi connectivity index (χ4v) is 2.44. The zero-order valence-electron chi connectivity index (χ0n) is 11.0. The molecule has 1 aliphatic carbocycles. The molecule has 2 nitrogen and oxygen atoms in total. The van der Waals surface area contributed by atoms with Crippen molar-refractivity contribution in [1.29, 1.82) is 0 Å². The first-order valence-corrected chi connectivity index (χ1v) is 7.05. The third-order valence-electron chi connectivity index (χ3n) is 3.71. The van der Waals surface area contributed by atoms with Gasteiger partial charge in [-0.05, 0) is 38.0 Å². The largest absolute Gasteiger partial charge is 0.393 e. The van der Waals surface area contributed by atoms with Crippen LogP contribution in [0, 0.1) is 5.92 Å². The van der Waals surface area contributed by atoms with Crippen LogP contribution >= 0.6 is 0 Å². The summed E-state index contributed by atoms with van der Waals surface area (Å²) in [7, 11) is 0. The van der Waals surface area contributed by atoms with Gasteiger partial charge in [0.1, 0.15) is 0 Å². The zero-order valence-corrected chi connectivity index (χ0v) is 11.0. The lowest BCUT2D eigenvalue weighted by Crippen LogP contribution is -2.27. The molecule has 0 saturated heterocycles. The Bertz CT molecular complexity index is 170. The van der Waals surface area contributed by atoms with E-state index in [9.17, 15) is 5.11 Å². The van der Waals surface area contributed by atoms with Gasteiger partial charge in [-0.15, -0.1) is 0 Å². The van der Waals surface area contributed by atoms with Crippen molar-refractivity contribution in [2.75, 3.05) is 6.61 Å². The van der Waals surface area contributed by atoms with Gasteiger partial charge in [0.05, 0.1) is 12.2 Å². The second-order valence-electron chi connectivity index (χ2n) is 5.19. The van der Waals surface area contributed by atoms with Gasteiger partial charge in [0.15, 0.2) is 0 Å². The molecule has 0 bridgehead atoms. The van der Waals surface area contributed by atoms with Crippen molar-refractivity contribution in [2.45, 2.75) is 77.4 Å². The molecule has 3 unspecified atom stereocenters. The maximum absolute atomic E-state index is 9.56. The highest BCUT2D eigenvalue weighted by atomic mass is 16.5. The molecule has 0 aliphatic heterocycles. The minimum absolute atomic E-state index is 0.116. The summed E-state index contributed by atoms with van der Waals surface area (Å²) < 4.78 is 5.94. The van der Waals surface area contributed by atoms with Gasteiger partial charge in [0.2, 0.25) is 0 Å². The summed E-state index contributed by atoms with van der Waals surface area (Å²) in [6.45, 7) is 5.39. The third kappa shape index (κ3) is 5.31. The molecular formula is C14H28O2. The lowest BCUT2D eigenvalue weighted by molar-refractivity contribution is -0.0292. The molecule has 1 aliphatic rings. The maximum Gasteiger partial charge on any atom is 0.0599 e. The molecule has 96 valence electrons. The van der Waals surface area contributed by atoms with Gasteiger partial charge < -0.3 is 9.84 Å². The Hall–Kier alpha value is -0.0800. The van der Waals surface area contributed by atoms with Gasteiger partial charge in [-0.1, -0.05) is 33.1 Å². The van der Waals surface area contributed by atoms with Crippen molar-refractivity contribution in [3.05, 3.63) is 0 Å². The molecule has 1 saturated carbocycles. The van der Waals surface area contributed by atoms with Gasteiger partial charge in [-0.2, -0.15) is 0 Å². The van der Waals surface area contributed by atoms with E-state index in [0.717, 1.165) is 38.2 Å². The van der Waals surface area contributed by atoms with E-state index in [1.54, 1.807) is 0 Å². The van der Waals surface area contributed by atoms with Crippen LogP contribution in [0.3, 0.4) is 0 Å². The predicted octanol–water partition coefficient (Wildman–Crippen LogP) is 3.52. The van der Waals surface area contributed by atoms with Crippen molar-refractivity contribution in [3.8, 4) is 0 Å². The molecule has 2 heteroatoms. The summed E-state index contributed by atoms with van der Waals surface area (Å²) in [5.74, 6) is 0.721. The van der Waals surface area contributed by atoms with Crippen LogP contribution in [0.5, 0.6) is 0 Å². The number of rotatable bonds is 7. The lowest BCUT2D eigenvalue weighted by atomic mass is 9.94. The topological polar surface area (TPSA) is 29.5 Å². The van der Waals surface area contributed by atoms with Crippen LogP contribution in [-0.4, -0.2) is 23.9 Å². The van der Waals surface area contributed by atoms with Crippen LogP contribution in [0.1, 0.15) is 65.2 Å². The van der Waals surface area contributed by atoms with Crippen molar-refractivity contribution in [1.82, 2.24) is 0 Å². The Balaban J connectivity index is 2.15. The normalized spacial score (nSPS) is 27.9. The van der Waals surface area contributed by atoms with E-state index < -0.39 is 0 Å².